The molecule has 0 bridgehead atoms. The molecular formula is C27H22F3N5O4. The number of carbonyl (C=O) groups is 3. The zero-order valence-corrected chi connectivity index (χ0v) is 21.0. The molecule has 39 heavy (non-hydrogen) atoms. The standard InChI is InChI=1S/C27H22F3N5O4/c1-15-23(16(2)36)24(34(3)26(38)35(15)20-6-4-5-18(12-20)27(28,29)30)21-8-7-17(13-31)11-22(21)25(37)32-14-19-9-10-39-33-19/h4-12,24H,14H2,1-3H3,(H,32,37). The van der Waals surface area contributed by atoms with E-state index >= 15 is 0 Å². The third kappa shape index (κ3) is 5.24. The van der Waals surface area contributed by atoms with E-state index in [9.17, 15) is 32.8 Å². The van der Waals surface area contributed by atoms with E-state index in [0.29, 0.717) is 5.69 Å². The number of ketones is 1. The number of alkyl halides is 3. The second-order valence-corrected chi connectivity index (χ2v) is 8.82. The Morgan fingerprint density at radius 3 is 2.54 bits per heavy atom. The van der Waals surface area contributed by atoms with Gasteiger partial charge in [0.05, 0.1) is 35.5 Å². The van der Waals surface area contributed by atoms with Gasteiger partial charge in [0.2, 0.25) is 0 Å². The van der Waals surface area contributed by atoms with Gasteiger partial charge in [-0.3, -0.25) is 14.5 Å². The average Bonchev–Trinajstić information content (AvgIpc) is 3.42. The van der Waals surface area contributed by atoms with Crippen molar-refractivity contribution < 1.29 is 32.1 Å². The molecule has 3 amide bonds. The molecule has 4 rings (SSSR count). The Kier molecular flexibility index (Phi) is 7.27. The lowest BCUT2D eigenvalue weighted by molar-refractivity contribution is -0.137. The van der Waals surface area contributed by atoms with Gasteiger partial charge in [0, 0.05) is 29.9 Å². The molecule has 0 spiro atoms. The molecule has 1 N–H and O–H groups in total. The number of carbonyl (C=O) groups excluding carboxylic acids is 3. The fraction of sp³-hybridized carbons (Fsp3) is 0.222. The summed E-state index contributed by atoms with van der Waals surface area (Å²) in [6, 6.07) is 10.3. The number of urea groups is 1. The summed E-state index contributed by atoms with van der Waals surface area (Å²) in [6.07, 6.45) is -3.30. The number of nitrogens with zero attached hydrogens (tertiary/aromatic N) is 4. The van der Waals surface area contributed by atoms with Crippen molar-refractivity contribution >= 4 is 23.4 Å². The van der Waals surface area contributed by atoms with E-state index in [1.807, 2.05) is 6.07 Å². The molecule has 1 aliphatic heterocycles. The van der Waals surface area contributed by atoms with Gasteiger partial charge in [-0.05, 0) is 49.7 Å². The number of hydrogen-bond donors (Lipinski definition) is 1. The number of likely N-dealkylation sites (N-methyl/N-ethyl adjacent to an activating group) is 1. The summed E-state index contributed by atoms with van der Waals surface area (Å²) in [5.41, 5.74) is 0.124. The lowest BCUT2D eigenvalue weighted by atomic mass is 9.87. The number of amides is 3. The van der Waals surface area contributed by atoms with Crippen LogP contribution in [0.1, 0.15) is 52.6 Å². The van der Waals surface area contributed by atoms with Gasteiger partial charge in [-0.15, -0.1) is 0 Å². The van der Waals surface area contributed by atoms with Crippen molar-refractivity contribution in [1.29, 1.82) is 5.26 Å². The first-order valence-corrected chi connectivity index (χ1v) is 11.6. The molecule has 1 aliphatic rings. The Bertz CT molecular complexity index is 1520. The highest BCUT2D eigenvalue weighted by molar-refractivity contribution is 6.06. The van der Waals surface area contributed by atoms with Crippen LogP contribution in [0, 0.1) is 11.3 Å². The minimum atomic E-state index is -4.64. The van der Waals surface area contributed by atoms with E-state index in [1.165, 1.54) is 62.4 Å². The number of rotatable bonds is 6. The highest BCUT2D eigenvalue weighted by Crippen LogP contribution is 2.41. The van der Waals surface area contributed by atoms with Crippen molar-refractivity contribution in [2.75, 3.05) is 11.9 Å². The lowest BCUT2D eigenvalue weighted by Gasteiger charge is -2.41. The summed E-state index contributed by atoms with van der Waals surface area (Å²) < 4.78 is 44.9. The van der Waals surface area contributed by atoms with Gasteiger partial charge in [-0.25, -0.2) is 4.79 Å². The van der Waals surface area contributed by atoms with Gasteiger partial charge in [-0.1, -0.05) is 17.3 Å². The molecule has 0 saturated heterocycles. The summed E-state index contributed by atoms with van der Waals surface area (Å²) in [4.78, 5) is 42.0. The van der Waals surface area contributed by atoms with Crippen LogP contribution in [0.2, 0.25) is 0 Å². The summed E-state index contributed by atoms with van der Waals surface area (Å²) in [7, 11) is 1.39. The zero-order valence-electron chi connectivity index (χ0n) is 21.0. The zero-order chi connectivity index (χ0) is 28.5. The molecule has 3 aromatic rings. The van der Waals surface area contributed by atoms with Crippen LogP contribution < -0.4 is 10.2 Å². The molecule has 0 radical (unpaired) electrons. The van der Waals surface area contributed by atoms with E-state index < -0.39 is 35.5 Å². The highest BCUT2D eigenvalue weighted by atomic mass is 19.4. The quantitative estimate of drug-likeness (QED) is 0.474. The van der Waals surface area contributed by atoms with Gasteiger partial charge in [0.15, 0.2) is 5.78 Å². The number of allylic oxidation sites excluding steroid dienone is 1. The molecule has 0 aliphatic carbocycles. The summed E-state index contributed by atoms with van der Waals surface area (Å²) in [5, 5.41) is 15.8. The number of nitriles is 1. The number of benzene rings is 2. The van der Waals surface area contributed by atoms with Crippen LogP contribution in [0.15, 0.2) is 70.6 Å². The molecule has 1 atom stereocenters. The summed E-state index contributed by atoms with van der Waals surface area (Å²) in [5.74, 6) is -1.04. The van der Waals surface area contributed by atoms with Gasteiger partial charge >= 0.3 is 12.2 Å². The number of aromatic nitrogens is 1. The Morgan fingerprint density at radius 2 is 1.92 bits per heavy atom. The topological polar surface area (TPSA) is 120 Å². The highest BCUT2D eigenvalue weighted by Gasteiger charge is 2.41. The van der Waals surface area contributed by atoms with Crippen LogP contribution >= 0.6 is 0 Å². The minimum absolute atomic E-state index is 0.0166. The molecule has 2 heterocycles. The van der Waals surface area contributed by atoms with E-state index in [2.05, 4.69) is 10.5 Å². The van der Waals surface area contributed by atoms with Crippen LogP contribution in [-0.4, -0.2) is 34.8 Å². The monoisotopic (exact) mass is 537 g/mol. The first kappa shape index (κ1) is 27.1. The predicted molar refractivity (Wildman–Crippen MR) is 132 cm³/mol. The third-order valence-corrected chi connectivity index (χ3v) is 6.33. The van der Waals surface area contributed by atoms with Gasteiger partial charge in [0.1, 0.15) is 12.0 Å². The second kappa shape index (κ2) is 10.4. The average molecular weight is 537 g/mol. The Labute approximate surface area is 221 Å². The van der Waals surface area contributed by atoms with E-state index in [0.717, 1.165) is 17.0 Å². The van der Waals surface area contributed by atoms with Crippen molar-refractivity contribution in [3.8, 4) is 6.07 Å². The maximum Gasteiger partial charge on any atom is 0.416 e. The van der Waals surface area contributed by atoms with Crippen LogP contribution in [0.3, 0.4) is 0 Å². The van der Waals surface area contributed by atoms with E-state index in [4.69, 9.17) is 4.52 Å². The number of halogens is 3. The Balaban J connectivity index is 1.83. The number of nitrogens with one attached hydrogen (secondary N) is 1. The maximum atomic E-state index is 13.6. The largest absolute Gasteiger partial charge is 0.416 e. The molecule has 1 unspecified atom stereocenters. The van der Waals surface area contributed by atoms with Crippen molar-refractivity contribution in [3.05, 3.63) is 94.0 Å². The molecule has 1 aromatic heterocycles. The maximum absolute atomic E-state index is 13.6. The van der Waals surface area contributed by atoms with E-state index in [1.54, 1.807) is 6.07 Å². The SMILES string of the molecule is CC(=O)C1=C(C)N(c2cccc(C(F)(F)F)c2)C(=O)N(C)C1c1ccc(C#N)cc1C(=O)NCc1ccon1. The smallest absolute Gasteiger partial charge is 0.364 e. The number of hydrogen-bond acceptors (Lipinski definition) is 6. The number of Topliss-reactive ketones (excluding diaryl/α,β-unsaturated/α-hetero) is 1. The first-order valence-electron chi connectivity index (χ1n) is 11.6. The normalized spacial score (nSPS) is 15.8. The van der Waals surface area contributed by atoms with E-state index in [-0.39, 0.29) is 40.2 Å². The minimum Gasteiger partial charge on any atom is -0.364 e. The molecule has 9 nitrogen and oxygen atoms in total. The van der Waals surface area contributed by atoms with Crippen molar-refractivity contribution in [2.24, 2.45) is 0 Å². The summed E-state index contributed by atoms with van der Waals surface area (Å²) >= 11 is 0. The van der Waals surface area contributed by atoms with Gasteiger partial charge < -0.3 is 14.7 Å². The molecule has 0 fully saturated rings. The van der Waals surface area contributed by atoms with Crippen molar-refractivity contribution in [3.63, 3.8) is 0 Å². The molecule has 12 heteroatoms. The van der Waals surface area contributed by atoms with Crippen LogP contribution in [0.5, 0.6) is 0 Å². The predicted octanol–water partition coefficient (Wildman–Crippen LogP) is 4.97. The van der Waals surface area contributed by atoms with Crippen LogP contribution in [-0.2, 0) is 17.5 Å². The lowest BCUT2D eigenvalue weighted by Crippen LogP contribution is -2.49. The Hall–Kier alpha value is -4.92. The second-order valence-electron chi connectivity index (χ2n) is 8.82. The fourth-order valence-electron chi connectivity index (χ4n) is 4.52. The fourth-order valence-corrected chi connectivity index (χ4v) is 4.52. The molecule has 2 aromatic carbocycles. The van der Waals surface area contributed by atoms with Crippen molar-refractivity contribution in [2.45, 2.75) is 32.6 Å². The van der Waals surface area contributed by atoms with Crippen LogP contribution in [0.25, 0.3) is 0 Å². The molecular weight excluding hydrogens is 515 g/mol. The Morgan fingerprint density at radius 1 is 1.18 bits per heavy atom. The first-order chi connectivity index (χ1) is 18.4. The van der Waals surface area contributed by atoms with Gasteiger partial charge in [-0.2, -0.15) is 18.4 Å². The molecule has 200 valence electrons. The number of anilines is 1. The third-order valence-electron chi connectivity index (χ3n) is 6.33. The van der Waals surface area contributed by atoms with Crippen LogP contribution in [0.4, 0.5) is 23.7 Å². The van der Waals surface area contributed by atoms with Gasteiger partial charge in [0.25, 0.3) is 5.91 Å². The molecule has 0 saturated carbocycles. The summed E-state index contributed by atoms with van der Waals surface area (Å²) in [6.45, 7) is 2.75. The van der Waals surface area contributed by atoms with Crippen molar-refractivity contribution in [1.82, 2.24) is 15.4 Å².